The van der Waals surface area contributed by atoms with Crippen LogP contribution in [-0.4, -0.2) is 64.0 Å². The number of benzene rings is 1. The Balaban J connectivity index is 1.38. The maximum atomic E-state index is 14.8. The van der Waals surface area contributed by atoms with Crippen LogP contribution in [0.4, 0.5) is 25.1 Å². The quantitative estimate of drug-likeness (QED) is 0.186. The molecular weight excluding hydrogens is 570 g/mol. The van der Waals surface area contributed by atoms with Crippen molar-refractivity contribution in [3.8, 4) is 0 Å². The Bertz CT molecular complexity index is 1260. The summed E-state index contributed by atoms with van der Waals surface area (Å²) in [7, 11) is 0. The molecule has 0 radical (unpaired) electrons. The number of ether oxygens (including phenoxy) is 3. The van der Waals surface area contributed by atoms with E-state index in [2.05, 4.69) is 15.6 Å². The Hall–Kier alpha value is -3.91. The number of unbranched alkanes of at least 4 members (excludes halogenated alkanes) is 5. The van der Waals surface area contributed by atoms with Crippen LogP contribution in [0.5, 0.6) is 0 Å². The zero-order chi connectivity index (χ0) is 31.2. The highest BCUT2D eigenvalue weighted by Gasteiger charge is 2.60. The number of halogens is 2. The van der Waals surface area contributed by atoms with E-state index < -0.39 is 48.7 Å². The van der Waals surface area contributed by atoms with Crippen molar-refractivity contribution in [3.63, 3.8) is 0 Å². The lowest BCUT2D eigenvalue weighted by molar-refractivity contribution is -0.150. The third kappa shape index (κ3) is 10.4. The molecule has 3 N–H and O–H groups in total. The lowest BCUT2D eigenvalue weighted by Crippen LogP contribution is -2.42. The molecule has 0 saturated carbocycles. The fourth-order valence-electron chi connectivity index (χ4n) is 4.33. The van der Waals surface area contributed by atoms with Crippen molar-refractivity contribution >= 4 is 29.5 Å². The Labute approximate surface area is 247 Å². The predicted octanol–water partition coefficient (Wildman–Crippen LogP) is 4.40. The van der Waals surface area contributed by atoms with E-state index in [9.17, 15) is 33.1 Å². The van der Waals surface area contributed by atoms with Gasteiger partial charge in [-0.3, -0.25) is 19.5 Å². The second kappa shape index (κ2) is 16.7. The third-order valence-electron chi connectivity index (χ3n) is 6.67. The Morgan fingerprint density at radius 1 is 1.00 bits per heavy atom. The first-order valence-corrected chi connectivity index (χ1v) is 14.4. The van der Waals surface area contributed by atoms with Crippen LogP contribution in [0.25, 0.3) is 0 Å². The number of nitrogens with zero attached hydrogens (tertiary/aromatic N) is 2. The number of aliphatic hydroxyl groups excluding tert-OH is 1. The number of hydrogen-bond donors (Lipinski definition) is 3. The van der Waals surface area contributed by atoms with Crippen molar-refractivity contribution in [2.45, 2.75) is 89.1 Å². The normalized spacial score (nSPS) is 19.0. The van der Waals surface area contributed by atoms with Crippen molar-refractivity contribution in [1.82, 2.24) is 9.55 Å². The summed E-state index contributed by atoms with van der Waals surface area (Å²) in [6, 6.07) is 10.2. The summed E-state index contributed by atoms with van der Waals surface area (Å²) < 4.78 is 45.4. The van der Waals surface area contributed by atoms with Crippen LogP contribution in [0, 0.1) is 0 Å². The van der Waals surface area contributed by atoms with E-state index in [0.717, 1.165) is 30.8 Å². The summed E-state index contributed by atoms with van der Waals surface area (Å²) in [5, 5.41) is 15.2. The molecule has 0 aliphatic carbocycles. The average molecular weight is 609 g/mol. The second-order valence-electron chi connectivity index (χ2n) is 10.1. The first-order valence-electron chi connectivity index (χ1n) is 14.4. The maximum Gasteiger partial charge on any atom is 0.412 e. The van der Waals surface area contributed by atoms with E-state index in [4.69, 9.17) is 14.2 Å². The first kappa shape index (κ1) is 33.6. The van der Waals surface area contributed by atoms with Gasteiger partial charge in [-0.25, -0.2) is 9.59 Å². The van der Waals surface area contributed by atoms with Gasteiger partial charge in [0.25, 0.3) is 0 Å². The average Bonchev–Trinajstić information content (AvgIpc) is 3.20. The van der Waals surface area contributed by atoms with Gasteiger partial charge in [-0.1, -0.05) is 50.8 Å². The monoisotopic (exact) mass is 608 g/mol. The van der Waals surface area contributed by atoms with Crippen LogP contribution in [0.3, 0.4) is 0 Å². The van der Waals surface area contributed by atoms with Gasteiger partial charge in [0.05, 0.1) is 6.61 Å². The third-order valence-corrected chi connectivity index (χ3v) is 6.67. The van der Waals surface area contributed by atoms with Crippen molar-refractivity contribution in [1.29, 1.82) is 0 Å². The number of carbonyl (C=O) groups excluding carboxylic acids is 3. The number of anilines is 2. The molecule has 0 spiro atoms. The van der Waals surface area contributed by atoms with E-state index in [1.165, 1.54) is 0 Å². The number of aromatic nitrogens is 2. The minimum absolute atomic E-state index is 0.0255. The van der Waals surface area contributed by atoms with Crippen molar-refractivity contribution in [3.05, 3.63) is 53.1 Å². The predicted molar refractivity (Wildman–Crippen MR) is 152 cm³/mol. The van der Waals surface area contributed by atoms with E-state index in [1.807, 2.05) is 25.1 Å². The van der Waals surface area contributed by atoms with Crippen molar-refractivity contribution in [2.24, 2.45) is 0 Å². The van der Waals surface area contributed by atoms with Gasteiger partial charge in [-0.15, -0.1) is 0 Å². The lowest BCUT2D eigenvalue weighted by Gasteiger charge is -2.21. The highest BCUT2D eigenvalue weighted by atomic mass is 19.3. The van der Waals surface area contributed by atoms with E-state index in [-0.39, 0.29) is 24.8 Å². The van der Waals surface area contributed by atoms with Gasteiger partial charge in [0, 0.05) is 24.7 Å². The van der Waals surface area contributed by atoms with Gasteiger partial charge in [0.1, 0.15) is 18.5 Å². The summed E-state index contributed by atoms with van der Waals surface area (Å²) in [4.78, 5) is 51.9. The van der Waals surface area contributed by atoms with Crippen molar-refractivity contribution in [2.75, 3.05) is 23.8 Å². The molecule has 43 heavy (non-hydrogen) atoms. The minimum atomic E-state index is -3.90. The van der Waals surface area contributed by atoms with Crippen molar-refractivity contribution < 1.29 is 42.5 Å². The fraction of sp³-hybridized carbons (Fsp3) is 0.552. The molecule has 0 unspecified atom stereocenters. The molecule has 236 valence electrons. The number of nitrogens with one attached hydrogen (secondary N) is 2. The van der Waals surface area contributed by atoms with Crippen LogP contribution < -0.4 is 16.3 Å². The molecule has 1 aromatic heterocycles. The van der Waals surface area contributed by atoms with Gasteiger partial charge < -0.3 is 24.6 Å². The topological polar surface area (TPSA) is 158 Å². The molecular formula is C29H38F2N4O8. The number of rotatable bonds is 16. The van der Waals surface area contributed by atoms with Gasteiger partial charge >= 0.3 is 23.7 Å². The molecule has 12 nitrogen and oxygen atoms in total. The molecule has 1 fully saturated rings. The van der Waals surface area contributed by atoms with Gasteiger partial charge in [0.15, 0.2) is 6.10 Å². The molecule has 2 heterocycles. The zero-order valence-corrected chi connectivity index (χ0v) is 24.0. The second-order valence-corrected chi connectivity index (χ2v) is 10.1. The van der Waals surface area contributed by atoms with Gasteiger partial charge in [-0.2, -0.15) is 13.8 Å². The highest BCUT2D eigenvalue weighted by Crippen LogP contribution is 2.42. The largest absolute Gasteiger partial charge is 0.463 e. The Morgan fingerprint density at radius 2 is 1.72 bits per heavy atom. The summed E-state index contributed by atoms with van der Waals surface area (Å²) in [5.74, 6) is -4.85. The van der Waals surface area contributed by atoms with E-state index >= 15 is 0 Å². The molecule has 0 bridgehead atoms. The minimum Gasteiger partial charge on any atom is -0.463 e. The number of amides is 2. The van der Waals surface area contributed by atoms with E-state index in [0.29, 0.717) is 43.1 Å². The summed E-state index contributed by atoms with van der Waals surface area (Å²) in [6.45, 7) is 1.53. The smallest absolute Gasteiger partial charge is 0.412 e. The number of esters is 1. The first-order chi connectivity index (χ1) is 20.6. The number of alkyl halides is 2. The number of para-hydroxylation sites is 1. The summed E-state index contributed by atoms with van der Waals surface area (Å²) >= 11 is 0. The molecule has 14 heteroatoms. The van der Waals surface area contributed by atoms with E-state index in [1.54, 1.807) is 12.1 Å². The van der Waals surface area contributed by atoms with Gasteiger partial charge in [0.2, 0.25) is 12.1 Å². The van der Waals surface area contributed by atoms with Crippen LogP contribution in [0.2, 0.25) is 0 Å². The van der Waals surface area contributed by atoms with Gasteiger partial charge in [-0.05, 0) is 37.5 Å². The van der Waals surface area contributed by atoms with Crippen LogP contribution in [0.15, 0.2) is 47.4 Å². The highest BCUT2D eigenvalue weighted by molar-refractivity contribution is 5.90. The molecule has 1 saturated heterocycles. The molecule has 2 aromatic rings. The van der Waals surface area contributed by atoms with Crippen LogP contribution in [-0.2, 0) is 23.8 Å². The molecule has 1 aromatic carbocycles. The molecule has 1 aliphatic rings. The SMILES string of the molecule is CCCCCOC(=O)Nc1ccn([C@@H]2O[C@H](COC(=O)CCCCCCC(=O)Nc3ccccc3)[C@@H](O)C2(F)F)c(=O)n1. The maximum absolute atomic E-state index is 14.8. The Morgan fingerprint density at radius 3 is 2.42 bits per heavy atom. The molecule has 2 amide bonds. The fourth-order valence-corrected chi connectivity index (χ4v) is 4.33. The summed E-state index contributed by atoms with van der Waals surface area (Å²) in [6.07, 6.45) is -0.697. The summed E-state index contributed by atoms with van der Waals surface area (Å²) in [5.41, 5.74) is -0.433. The lowest BCUT2D eigenvalue weighted by atomic mass is 10.1. The molecule has 1 aliphatic heterocycles. The number of carbonyl (C=O) groups is 3. The standard InChI is InChI=1S/C29H38F2N4O8/c1-2-3-11-18-41-28(40)34-22-16-17-35(27(39)33-22)26-29(30,31)25(38)21(43-26)19-42-24(37)15-10-5-4-9-14-23(36)32-20-12-7-6-8-13-20/h6-8,12-13,16-17,21,25-26,38H,2-5,9-11,14-15,18-19H2,1H3,(H,32,36)(H,33,34,39,40)/t21-,25-,26-/m1/s1. The number of hydrogen-bond acceptors (Lipinski definition) is 9. The van der Waals surface area contributed by atoms with Crippen LogP contribution >= 0.6 is 0 Å². The number of aliphatic hydroxyl groups is 1. The molecule has 3 atom stereocenters. The molecule has 3 rings (SSSR count). The Kier molecular flexibility index (Phi) is 13.0. The van der Waals surface area contributed by atoms with Crippen LogP contribution in [0.1, 0.15) is 70.9 Å². The zero-order valence-electron chi connectivity index (χ0n) is 24.0.